The van der Waals surface area contributed by atoms with Crippen molar-refractivity contribution in [2.24, 2.45) is 5.92 Å². The van der Waals surface area contributed by atoms with Crippen LogP contribution in [0.2, 0.25) is 0 Å². The van der Waals surface area contributed by atoms with Crippen molar-refractivity contribution < 1.29 is 28.5 Å². The minimum Gasteiger partial charge on any atom is -0.462 e. The van der Waals surface area contributed by atoms with Crippen LogP contribution in [-0.4, -0.2) is 51.1 Å². The van der Waals surface area contributed by atoms with E-state index in [2.05, 4.69) is 0 Å². The second kappa shape index (κ2) is 8.99. The Kier molecular flexibility index (Phi) is 6.44. The predicted molar refractivity (Wildman–Crippen MR) is 102 cm³/mol. The Morgan fingerprint density at radius 1 is 0.893 bits per heavy atom. The molecule has 1 fully saturated rings. The van der Waals surface area contributed by atoms with Gasteiger partial charge in [-0.15, -0.1) is 0 Å². The minimum absolute atomic E-state index is 0.0172. The van der Waals surface area contributed by atoms with Gasteiger partial charge in [-0.1, -0.05) is 36.4 Å². The summed E-state index contributed by atoms with van der Waals surface area (Å²) in [6.45, 7) is 0.174. The molecule has 28 heavy (non-hydrogen) atoms. The third-order valence-electron chi connectivity index (χ3n) is 5.26. The van der Waals surface area contributed by atoms with E-state index in [9.17, 15) is 9.59 Å². The second-order valence-electron chi connectivity index (χ2n) is 6.72. The Morgan fingerprint density at radius 3 is 1.93 bits per heavy atom. The number of benzene rings is 2. The molecule has 0 N–H and O–H groups in total. The van der Waals surface area contributed by atoms with Gasteiger partial charge in [-0.2, -0.15) is 0 Å². The van der Waals surface area contributed by atoms with E-state index in [1.165, 1.54) is 0 Å². The number of carbonyl (C=O) groups is 2. The highest BCUT2D eigenvalue weighted by molar-refractivity contribution is 5.89. The first-order chi connectivity index (χ1) is 13.6. The van der Waals surface area contributed by atoms with Crippen molar-refractivity contribution in [3.8, 4) is 0 Å². The quantitative estimate of drug-likeness (QED) is 0.651. The molecule has 2 aromatic rings. The molecule has 1 unspecified atom stereocenters. The summed E-state index contributed by atoms with van der Waals surface area (Å²) >= 11 is 0. The Morgan fingerprint density at radius 2 is 1.43 bits per heavy atom. The van der Waals surface area contributed by atoms with Gasteiger partial charge in [0.1, 0.15) is 12.2 Å². The molecule has 3 atom stereocenters. The van der Waals surface area contributed by atoms with Gasteiger partial charge in [0.15, 0.2) is 0 Å². The maximum atomic E-state index is 12.3. The number of rotatable bonds is 8. The van der Waals surface area contributed by atoms with Gasteiger partial charge >= 0.3 is 11.9 Å². The van der Waals surface area contributed by atoms with Crippen LogP contribution >= 0.6 is 0 Å². The van der Waals surface area contributed by atoms with Gasteiger partial charge < -0.3 is 18.9 Å². The smallest absolute Gasteiger partial charge is 0.338 e. The number of methoxy groups -OCH3 is 2. The van der Waals surface area contributed by atoms with Crippen LogP contribution in [-0.2, 0) is 18.9 Å². The van der Waals surface area contributed by atoms with E-state index < -0.39 is 17.5 Å². The van der Waals surface area contributed by atoms with E-state index in [0.29, 0.717) is 17.5 Å². The second-order valence-corrected chi connectivity index (χ2v) is 6.72. The molecule has 0 bridgehead atoms. The molecule has 1 aliphatic carbocycles. The summed E-state index contributed by atoms with van der Waals surface area (Å²) in [7, 11) is 3.14. The molecule has 0 saturated heterocycles. The van der Waals surface area contributed by atoms with Crippen LogP contribution in [0.5, 0.6) is 0 Å². The van der Waals surface area contributed by atoms with Gasteiger partial charge in [-0.25, -0.2) is 9.59 Å². The summed E-state index contributed by atoms with van der Waals surface area (Å²) < 4.78 is 22.2. The van der Waals surface area contributed by atoms with Gasteiger partial charge in [0, 0.05) is 20.1 Å². The first-order valence-corrected chi connectivity index (χ1v) is 9.13. The van der Waals surface area contributed by atoms with E-state index in [-0.39, 0.29) is 25.2 Å². The zero-order chi connectivity index (χ0) is 20.0. The summed E-state index contributed by atoms with van der Waals surface area (Å²) in [6.07, 6.45) is 0.400. The van der Waals surface area contributed by atoms with Crippen LogP contribution in [0.1, 0.15) is 27.1 Å². The fourth-order valence-corrected chi connectivity index (χ4v) is 3.50. The molecule has 0 aromatic heterocycles. The van der Waals surface area contributed by atoms with E-state index >= 15 is 0 Å². The molecule has 0 heterocycles. The zero-order valence-electron chi connectivity index (χ0n) is 16.0. The van der Waals surface area contributed by atoms with Gasteiger partial charge in [0.25, 0.3) is 0 Å². The fraction of sp³-hybridized carbons (Fsp3) is 0.364. The van der Waals surface area contributed by atoms with Crippen LogP contribution in [0.25, 0.3) is 0 Å². The molecular formula is C22H24O6. The molecule has 0 spiro atoms. The first kappa shape index (κ1) is 20.0. The third-order valence-corrected chi connectivity index (χ3v) is 5.26. The van der Waals surface area contributed by atoms with Crippen molar-refractivity contribution in [3.63, 3.8) is 0 Å². The highest BCUT2D eigenvalue weighted by Crippen LogP contribution is 2.44. The van der Waals surface area contributed by atoms with Crippen molar-refractivity contribution in [3.05, 3.63) is 71.8 Å². The normalized spacial score (nSPS) is 23.5. The lowest BCUT2D eigenvalue weighted by molar-refractivity contribution is -0.242. The zero-order valence-corrected chi connectivity index (χ0v) is 16.0. The monoisotopic (exact) mass is 384 g/mol. The number of hydrogen-bond acceptors (Lipinski definition) is 6. The molecule has 1 aliphatic rings. The SMILES string of the molecule is COC1C[C@@H](COC(=O)c2ccccc2)[C@@]1(COC(=O)c1ccccc1)OC. The molecule has 148 valence electrons. The topological polar surface area (TPSA) is 71.1 Å². The van der Waals surface area contributed by atoms with E-state index in [1.807, 2.05) is 12.1 Å². The molecule has 0 aliphatic heterocycles. The van der Waals surface area contributed by atoms with Crippen LogP contribution in [0.4, 0.5) is 0 Å². The first-order valence-electron chi connectivity index (χ1n) is 9.13. The minimum atomic E-state index is -0.851. The fourth-order valence-electron chi connectivity index (χ4n) is 3.50. The van der Waals surface area contributed by atoms with Gasteiger partial charge in [-0.3, -0.25) is 0 Å². The van der Waals surface area contributed by atoms with Crippen LogP contribution in [0.15, 0.2) is 60.7 Å². The predicted octanol–water partition coefficient (Wildman–Crippen LogP) is 3.12. The average Bonchev–Trinajstić information content (AvgIpc) is 2.74. The molecule has 6 nitrogen and oxygen atoms in total. The number of hydrogen-bond donors (Lipinski definition) is 0. The van der Waals surface area contributed by atoms with Crippen molar-refractivity contribution >= 4 is 11.9 Å². The van der Waals surface area contributed by atoms with Crippen molar-refractivity contribution in [1.29, 1.82) is 0 Å². The van der Waals surface area contributed by atoms with Crippen molar-refractivity contribution in [2.75, 3.05) is 27.4 Å². The van der Waals surface area contributed by atoms with Crippen molar-refractivity contribution in [1.82, 2.24) is 0 Å². The molecule has 6 heteroatoms. The average molecular weight is 384 g/mol. The summed E-state index contributed by atoms with van der Waals surface area (Å²) in [6, 6.07) is 17.6. The Balaban J connectivity index is 1.62. The van der Waals surface area contributed by atoms with Crippen LogP contribution in [0.3, 0.4) is 0 Å². The Bertz CT molecular complexity index is 791. The van der Waals surface area contributed by atoms with Gasteiger partial charge in [0.2, 0.25) is 0 Å². The van der Waals surface area contributed by atoms with Gasteiger partial charge in [-0.05, 0) is 30.7 Å². The highest BCUT2D eigenvalue weighted by atomic mass is 16.6. The molecule has 0 radical (unpaired) electrons. The molecule has 2 aromatic carbocycles. The summed E-state index contributed by atoms with van der Waals surface area (Å²) in [5.41, 5.74) is 0.105. The number of ether oxygens (including phenoxy) is 4. The van der Waals surface area contributed by atoms with Crippen LogP contribution in [0, 0.1) is 5.92 Å². The maximum absolute atomic E-state index is 12.3. The Hall–Kier alpha value is -2.70. The van der Waals surface area contributed by atoms with Crippen LogP contribution < -0.4 is 0 Å². The summed E-state index contributed by atoms with van der Waals surface area (Å²) in [5.74, 6) is -0.967. The largest absolute Gasteiger partial charge is 0.462 e. The van der Waals surface area contributed by atoms with Crippen molar-refractivity contribution in [2.45, 2.75) is 18.1 Å². The highest BCUT2D eigenvalue weighted by Gasteiger charge is 2.58. The lowest BCUT2D eigenvalue weighted by Crippen LogP contribution is -2.65. The Labute approximate surface area is 164 Å². The summed E-state index contributed by atoms with van der Waals surface area (Å²) in [5, 5.41) is 0. The van der Waals surface area contributed by atoms with E-state index in [1.54, 1.807) is 62.8 Å². The molecule has 3 rings (SSSR count). The lowest BCUT2D eigenvalue weighted by atomic mass is 9.67. The maximum Gasteiger partial charge on any atom is 0.338 e. The number of carbonyl (C=O) groups excluding carboxylic acids is 2. The molecule has 0 amide bonds. The lowest BCUT2D eigenvalue weighted by Gasteiger charge is -2.52. The standard InChI is InChI=1S/C22H24O6/c1-25-19-13-18(14-27-20(23)16-9-5-3-6-10-16)22(19,26-2)15-28-21(24)17-11-7-4-8-12-17/h3-12,18-19H,13-15H2,1-2H3/t18-,19?,22+/m0/s1. The van der Waals surface area contributed by atoms with E-state index in [4.69, 9.17) is 18.9 Å². The summed E-state index contributed by atoms with van der Waals surface area (Å²) in [4.78, 5) is 24.5. The third kappa shape index (κ3) is 4.08. The number of esters is 2. The van der Waals surface area contributed by atoms with E-state index in [0.717, 1.165) is 0 Å². The molecule has 1 saturated carbocycles. The molecular weight excluding hydrogens is 360 g/mol. The van der Waals surface area contributed by atoms with Gasteiger partial charge in [0.05, 0.1) is 23.8 Å².